The highest BCUT2D eigenvalue weighted by molar-refractivity contribution is 5.95. The van der Waals surface area contributed by atoms with Crippen molar-refractivity contribution in [3.63, 3.8) is 0 Å². The molecular formula is C23H26FN5O. The first-order valence-corrected chi connectivity index (χ1v) is 10.7. The number of benzene rings is 1. The van der Waals surface area contributed by atoms with E-state index >= 15 is 0 Å². The molecule has 3 heterocycles. The van der Waals surface area contributed by atoms with Gasteiger partial charge >= 0.3 is 0 Å². The lowest BCUT2D eigenvalue weighted by Crippen LogP contribution is -2.50. The number of aromatic nitrogens is 3. The van der Waals surface area contributed by atoms with Crippen LogP contribution in [0.1, 0.15) is 25.7 Å². The van der Waals surface area contributed by atoms with Gasteiger partial charge in [0.15, 0.2) is 0 Å². The molecule has 1 aromatic carbocycles. The molecule has 0 spiro atoms. The van der Waals surface area contributed by atoms with Gasteiger partial charge in [-0.15, -0.1) is 0 Å². The minimum atomic E-state index is -0.641. The molecule has 2 N–H and O–H groups in total. The maximum Gasteiger partial charge on any atom is 0.228 e. The lowest BCUT2D eigenvalue weighted by atomic mass is 9.81. The van der Waals surface area contributed by atoms with Crippen molar-refractivity contribution in [2.75, 3.05) is 25.0 Å². The highest BCUT2D eigenvalue weighted by Gasteiger charge is 2.31. The third-order valence-electron chi connectivity index (χ3n) is 6.45. The van der Waals surface area contributed by atoms with Crippen LogP contribution in [0.3, 0.4) is 0 Å². The Morgan fingerprint density at radius 1 is 1.10 bits per heavy atom. The van der Waals surface area contributed by atoms with Crippen LogP contribution in [0.25, 0.3) is 21.9 Å². The van der Waals surface area contributed by atoms with E-state index in [-0.39, 0.29) is 11.8 Å². The molecule has 5 rings (SSSR count). The number of carbonyl (C=O) groups excluding carboxylic acids is 1. The Kier molecular flexibility index (Phi) is 5.21. The fraction of sp³-hybridized carbons (Fsp3) is 0.435. The fourth-order valence-electron chi connectivity index (χ4n) is 4.65. The number of rotatable bonds is 5. The third kappa shape index (κ3) is 4.07. The van der Waals surface area contributed by atoms with Gasteiger partial charge in [-0.1, -0.05) is 12.1 Å². The number of hydrogen-bond acceptors (Lipinski definition) is 4. The van der Waals surface area contributed by atoms with Crippen molar-refractivity contribution >= 4 is 22.5 Å². The van der Waals surface area contributed by atoms with Crippen LogP contribution in [-0.4, -0.2) is 51.8 Å². The second kappa shape index (κ2) is 8.14. The van der Waals surface area contributed by atoms with Gasteiger partial charge in [0, 0.05) is 48.9 Å². The third-order valence-corrected chi connectivity index (χ3v) is 6.45. The van der Waals surface area contributed by atoms with E-state index in [1.807, 2.05) is 24.4 Å². The number of anilines is 1. The van der Waals surface area contributed by atoms with Crippen LogP contribution < -0.4 is 5.32 Å². The fourth-order valence-corrected chi connectivity index (χ4v) is 4.65. The molecule has 1 aliphatic carbocycles. The minimum absolute atomic E-state index is 0.0290. The van der Waals surface area contributed by atoms with Gasteiger partial charge in [0.1, 0.15) is 12.0 Å². The second-order valence-corrected chi connectivity index (χ2v) is 8.64. The number of nitrogens with zero attached hydrogens (tertiary/aromatic N) is 3. The standard InChI is InChI=1S/C23H26FN5O/c24-21-13-29(14-21)12-15-1-3-16(4-2-15)23(30)28-22-8-19-7-17(20-10-26-27-11-20)5-6-18(19)9-25-22/h5-11,15-16,21H,1-4,12-14H2,(H,26,27)(H,25,28,30). The predicted molar refractivity (Wildman–Crippen MR) is 115 cm³/mol. The highest BCUT2D eigenvalue weighted by Crippen LogP contribution is 2.31. The van der Waals surface area contributed by atoms with Crippen LogP contribution in [0.15, 0.2) is 42.9 Å². The molecule has 6 nitrogen and oxygen atoms in total. The maximum atomic E-state index is 13.0. The summed E-state index contributed by atoms with van der Waals surface area (Å²) in [5.41, 5.74) is 2.09. The maximum absolute atomic E-state index is 13.0. The minimum Gasteiger partial charge on any atom is -0.310 e. The van der Waals surface area contributed by atoms with E-state index in [1.54, 1.807) is 12.4 Å². The molecule has 2 fully saturated rings. The van der Waals surface area contributed by atoms with Gasteiger partial charge < -0.3 is 5.32 Å². The lowest BCUT2D eigenvalue weighted by Gasteiger charge is -2.38. The first-order valence-electron chi connectivity index (χ1n) is 10.7. The topological polar surface area (TPSA) is 73.9 Å². The number of carbonyl (C=O) groups is 1. The van der Waals surface area contributed by atoms with Crippen molar-refractivity contribution in [3.8, 4) is 11.1 Å². The highest BCUT2D eigenvalue weighted by atomic mass is 19.1. The van der Waals surface area contributed by atoms with Crippen molar-refractivity contribution < 1.29 is 9.18 Å². The van der Waals surface area contributed by atoms with Crippen molar-refractivity contribution in [1.29, 1.82) is 0 Å². The van der Waals surface area contributed by atoms with E-state index in [0.717, 1.165) is 54.1 Å². The van der Waals surface area contributed by atoms with Gasteiger partial charge in [0.05, 0.1) is 6.20 Å². The number of amides is 1. The Hall–Kier alpha value is -2.80. The molecule has 1 saturated heterocycles. The van der Waals surface area contributed by atoms with Crippen LogP contribution in [0.4, 0.5) is 10.2 Å². The van der Waals surface area contributed by atoms with Gasteiger partial charge in [0.2, 0.25) is 5.91 Å². The summed E-state index contributed by atoms with van der Waals surface area (Å²) in [5, 5.41) is 11.9. The Morgan fingerprint density at radius 2 is 1.93 bits per heavy atom. The number of alkyl halides is 1. The van der Waals surface area contributed by atoms with Gasteiger partial charge in [0.25, 0.3) is 0 Å². The zero-order valence-electron chi connectivity index (χ0n) is 16.9. The Morgan fingerprint density at radius 3 is 2.67 bits per heavy atom. The van der Waals surface area contributed by atoms with Gasteiger partial charge in [-0.25, -0.2) is 9.37 Å². The van der Waals surface area contributed by atoms with Crippen LogP contribution in [0.2, 0.25) is 0 Å². The average Bonchev–Trinajstić information content (AvgIpc) is 3.27. The van der Waals surface area contributed by atoms with Gasteiger partial charge in [-0.3, -0.25) is 14.8 Å². The molecule has 1 saturated carbocycles. The number of likely N-dealkylation sites (tertiary alicyclic amines) is 1. The summed E-state index contributed by atoms with van der Waals surface area (Å²) in [6, 6.07) is 8.08. The number of halogens is 1. The molecule has 7 heteroatoms. The number of fused-ring (bicyclic) bond motifs is 1. The number of aromatic amines is 1. The predicted octanol–water partition coefficient (Wildman–Crippen LogP) is 4.02. The summed E-state index contributed by atoms with van der Waals surface area (Å²) in [6.07, 6.45) is 8.65. The largest absolute Gasteiger partial charge is 0.310 e. The Labute approximate surface area is 174 Å². The molecule has 156 valence electrons. The molecule has 1 amide bonds. The molecule has 2 aromatic heterocycles. The van der Waals surface area contributed by atoms with Crippen molar-refractivity contribution in [1.82, 2.24) is 20.1 Å². The molecular weight excluding hydrogens is 381 g/mol. The lowest BCUT2D eigenvalue weighted by molar-refractivity contribution is -0.121. The summed E-state index contributed by atoms with van der Waals surface area (Å²) < 4.78 is 13.0. The number of pyridine rings is 1. The zero-order chi connectivity index (χ0) is 20.5. The molecule has 0 unspecified atom stereocenters. The normalized spacial score (nSPS) is 22.7. The summed E-state index contributed by atoms with van der Waals surface area (Å²) in [5.74, 6) is 1.26. The Bertz CT molecular complexity index is 1020. The van der Waals surface area contributed by atoms with Crippen LogP contribution in [0, 0.1) is 11.8 Å². The zero-order valence-corrected chi connectivity index (χ0v) is 16.9. The number of nitrogens with one attached hydrogen (secondary N) is 2. The van der Waals surface area contributed by atoms with Gasteiger partial charge in [-0.2, -0.15) is 5.10 Å². The van der Waals surface area contributed by atoms with E-state index in [9.17, 15) is 9.18 Å². The summed E-state index contributed by atoms with van der Waals surface area (Å²) >= 11 is 0. The van der Waals surface area contributed by atoms with Crippen molar-refractivity contribution in [2.45, 2.75) is 31.9 Å². The first-order chi connectivity index (χ1) is 14.6. The monoisotopic (exact) mass is 407 g/mol. The quantitative estimate of drug-likeness (QED) is 0.670. The van der Waals surface area contributed by atoms with E-state index in [1.165, 1.54) is 0 Å². The average molecular weight is 407 g/mol. The number of hydrogen-bond donors (Lipinski definition) is 2. The second-order valence-electron chi connectivity index (χ2n) is 8.64. The summed E-state index contributed by atoms with van der Waals surface area (Å²) in [6.45, 7) is 2.13. The van der Waals surface area contributed by atoms with E-state index in [0.29, 0.717) is 24.8 Å². The van der Waals surface area contributed by atoms with E-state index in [2.05, 4.69) is 31.5 Å². The van der Waals surface area contributed by atoms with E-state index < -0.39 is 6.17 Å². The van der Waals surface area contributed by atoms with Crippen LogP contribution in [-0.2, 0) is 4.79 Å². The molecule has 2 aliphatic rings. The summed E-state index contributed by atoms with van der Waals surface area (Å²) in [4.78, 5) is 19.4. The smallest absolute Gasteiger partial charge is 0.228 e. The molecule has 0 radical (unpaired) electrons. The molecule has 0 bridgehead atoms. The summed E-state index contributed by atoms with van der Waals surface area (Å²) in [7, 11) is 0. The molecule has 30 heavy (non-hydrogen) atoms. The Balaban J connectivity index is 1.20. The SMILES string of the molecule is O=C(Nc1cc2cc(-c3cn[nH]c3)ccc2cn1)C1CCC(CN2CC(F)C2)CC1. The van der Waals surface area contributed by atoms with Crippen LogP contribution >= 0.6 is 0 Å². The molecule has 0 atom stereocenters. The molecule has 3 aromatic rings. The number of H-pyrrole nitrogens is 1. The molecule has 1 aliphatic heterocycles. The van der Waals surface area contributed by atoms with Crippen molar-refractivity contribution in [3.05, 3.63) is 42.9 Å². The van der Waals surface area contributed by atoms with Gasteiger partial charge in [-0.05, 0) is 54.7 Å². The van der Waals surface area contributed by atoms with Crippen LogP contribution in [0.5, 0.6) is 0 Å². The van der Waals surface area contributed by atoms with E-state index in [4.69, 9.17) is 0 Å². The first kappa shape index (κ1) is 19.2. The van der Waals surface area contributed by atoms with Crippen molar-refractivity contribution in [2.24, 2.45) is 11.8 Å².